The third-order valence-corrected chi connectivity index (χ3v) is 6.36. The van der Waals surface area contributed by atoms with Crippen LogP contribution in [0.3, 0.4) is 0 Å². The summed E-state index contributed by atoms with van der Waals surface area (Å²) >= 11 is 0. The molecule has 4 rings (SSSR count). The van der Waals surface area contributed by atoms with Crippen molar-refractivity contribution in [3.05, 3.63) is 35.9 Å². The van der Waals surface area contributed by atoms with E-state index in [1.54, 1.807) is 5.56 Å². The van der Waals surface area contributed by atoms with Crippen LogP contribution < -0.4 is 5.32 Å². The zero-order chi connectivity index (χ0) is 14.2. The van der Waals surface area contributed by atoms with E-state index < -0.39 is 0 Å². The van der Waals surface area contributed by atoms with Gasteiger partial charge in [-0.3, -0.25) is 4.90 Å². The molecule has 5 unspecified atom stereocenters. The predicted octanol–water partition coefficient (Wildman–Crippen LogP) is 3.25. The van der Waals surface area contributed by atoms with Crippen LogP contribution >= 0.6 is 0 Å². The van der Waals surface area contributed by atoms with Crippen molar-refractivity contribution in [2.45, 2.75) is 50.6 Å². The van der Waals surface area contributed by atoms with E-state index in [9.17, 15) is 0 Å². The van der Waals surface area contributed by atoms with Crippen LogP contribution in [0.5, 0.6) is 0 Å². The lowest BCUT2D eigenvalue weighted by Crippen LogP contribution is -2.45. The van der Waals surface area contributed by atoms with E-state index >= 15 is 0 Å². The standard InChI is InChI=1S/C19H28N2/c1-14-18-12-20-11-16(18)13-21(14)19-10-6-5-9-17(19)15-7-3-2-4-8-15/h2-4,7-8,14,16-20H,5-6,9-13H2,1H3. The molecule has 0 aromatic heterocycles. The third-order valence-electron chi connectivity index (χ3n) is 6.36. The van der Waals surface area contributed by atoms with Gasteiger partial charge >= 0.3 is 0 Å². The summed E-state index contributed by atoms with van der Waals surface area (Å²) in [7, 11) is 0. The summed E-state index contributed by atoms with van der Waals surface area (Å²) in [4.78, 5) is 2.88. The van der Waals surface area contributed by atoms with Gasteiger partial charge < -0.3 is 5.32 Å². The normalized spacial score (nSPS) is 40.3. The second-order valence-electron chi connectivity index (χ2n) is 7.39. The molecule has 2 nitrogen and oxygen atoms in total. The highest BCUT2D eigenvalue weighted by Crippen LogP contribution is 2.42. The lowest BCUT2D eigenvalue weighted by Gasteiger charge is -2.41. The topological polar surface area (TPSA) is 15.3 Å². The number of fused-ring (bicyclic) bond motifs is 1. The maximum Gasteiger partial charge on any atom is 0.0167 e. The number of nitrogens with one attached hydrogen (secondary N) is 1. The third kappa shape index (κ3) is 2.43. The molecule has 1 saturated carbocycles. The Hall–Kier alpha value is -0.860. The van der Waals surface area contributed by atoms with E-state index in [0.717, 1.165) is 29.8 Å². The summed E-state index contributed by atoms with van der Waals surface area (Å²) in [5, 5.41) is 3.59. The number of nitrogens with zero attached hydrogens (tertiary/aromatic N) is 1. The zero-order valence-corrected chi connectivity index (χ0v) is 13.2. The van der Waals surface area contributed by atoms with Gasteiger partial charge in [0.1, 0.15) is 0 Å². The van der Waals surface area contributed by atoms with Gasteiger partial charge in [-0.25, -0.2) is 0 Å². The average Bonchev–Trinajstić information content (AvgIpc) is 3.12. The molecular weight excluding hydrogens is 256 g/mol. The minimum atomic E-state index is 0.759. The molecule has 1 N–H and O–H groups in total. The Morgan fingerprint density at radius 3 is 2.67 bits per heavy atom. The van der Waals surface area contributed by atoms with Gasteiger partial charge in [0.25, 0.3) is 0 Å². The first-order valence-corrected chi connectivity index (χ1v) is 8.86. The van der Waals surface area contributed by atoms with Gasteiger partial charge in [-0.05, 0) is 56.2 Å². The second kappa shape index (κ2) is 5.73. The van der Waals surface area contributed by atoms with Crippen LogP contribution in [-0.4, -0.2) is 36.6 Å². The summed E-state index contributed by atoms with van der Waals surface area (Å²) in [5.74, 6) is 2.55. The lowest BCUT2D eigenvalue weighted by atomic mass is 9.79. The molecule has 0 amide bonds. The Labute approximate surface area is 128 Å². The Morgan fingerprint density at radius 1 is 1.05 bits per heavy atom. The van der Waals surface area contributed by atoms with Crippen molar-refractivity contribution in [2.24, 2.45) is 11.8 Å². The average molecular weight is 284 g/mol. The zero-order valence-electron chi connectivity index (χ0n) is 13.2. The van der Waals surface area contributed by atoms with Crippen LogP contribution in [0.2, 0.25) is 0 Å². The highest BCUT2D eigenvalue weighted by atomic mass is 15.2. The molecule has 0 bridgehead atoms. The van der Waals surface area contributed by atoms with E-state index in [0.29, 0.717) is 0 Å². The van der Waals surface area contributed by atoms with Crippen molar-refractivity contribution < 1.29 is 0 Å². The Kier molecular flexibility index (Phi) is 3.76. The van der Waals surface area contributed by atoms with E-state index in [-0.39, 0.29) is 0 Å². The fourth-order valence-electron chi connectivity index (χ4n) is 5.24. The highest BCUT2D eigenvalue weighted by molar-refractivity contribution is 5.22. The van der Waals surface area contributed by atoms with E-state index in [1.807, 2.05) is 0 Å². The minimum Gasteiger partial charge on any atom is -0.316 e. The van der Waals surface area contributed by atoms with Gasteiger partial charge in [-0.1, -0.05) is 43.2 Å². The first kappa shape index (κ1) is 13.8. The van der Waals surface area contributed by atoms with Crippen LogP contribution in [0.15, 0.2) is 30.3 Å². The molecule has 21 heavy (non-hydrogen) atoms. The predicted molar refractivity (Wildman–Crippen MR) is 87.5 cm³/mol. The Bertz CT molecular complexity index is 472. The maximum atomic E-state index is 3.59. The van der Waals surface area contributed by atoms with Crippen LogP contribution in [0.4, 0.5) is 0 Å². The molecule has 0 radical (unpaired) electrons. The molecule has 5 atom stereocenters. The number of rotatable bonds is 2. The highest BCUT2D eigenvalue weighted by Gasteiger charge is 2.46. The van der Waals surface area contributed by atoms with Gasteiger partial charge in [0, 0.05) is 18.6 Å². The van der Waals surface area contributed by atoms with E-state index in [1.165, 1.54) is 45.3 Å². The molecule has 1 aliphatic carbocycles. The molecule has 2 heteroatoms. The molecule has 3 fully saturated rings. The van der Waals surface area contributed by atoms with Gasteiger partial charge in [-0.2, -0.15) is 0 Å². The van der Waals surface area contributed by atoms with Crippen molar-refractivity contribution in [3.8, 4) is 0 Å². The van der Waals surface area contributed by atoms with Crippen LogP contribution in [0, 0.1) is 11.8 Å². The fourth-order valence-corrected chi connectivity index (χ4v) is 5.24. The van der Waals surface area contributed by atoms with Gasteiger partial charge in [-0.15, -0.1) is 0 Å². The molecule has 2 aliphatic heterocycles. The van der Waals surface area contributed by atoms with Crippen molar-refractivity contribution in [1.82, 2.24) is 10.2 Å². The smallest absolute Gasteiger partial charge is 0.0167 e. The quantitative estimate of drug-likeness (QED) is 0.897. The summed E-state index contributed by atoms with van der Waals surface area (Å²) in [6.07, 6.45) is 5.61. The molecule has 0 spiro atoms. The molecule has 114 valence electrons. The van der Waals surface area contributed by atoms with Crippen molar-refractivity contribution in [2.75, 3.05) is 19.6 Å². The van der Waals surface area contributed by atoms with E-state index in [2.05, 4.69) is 47.5 Å². The monoisotopic (exact) mass is 284 g/mol. The number of likely N-dealkylation sites (tertiary alicyclic amines) is 1. The summed E-state index contributed by atoms with van der Waals surface area (Å²) < 4.78 is 0. The molecule has 1 aromatic carbocycles. The first-order valence-electron chi connectivity index (χ1n) is 8.86. The molecule has 2 heterocycles. The fraction of sp³-hybridized carbons (Fsp3) is 0.684. The van der Waals surface area contributed by atoms with Crippen LogP contribution in [0.1, 0.15) is 44.1 Å². The lowest BCUT2D eigenvalue weighted by molar-refractivity contribution is 0.116. The van der Waals surface area contributed by atoms with Gasteiger partial charge in [0.2, 0.25) is 0 Å². The first-order chi connectivity index (χ1) is 10.3. The van der Waals surface area contributed by atoms with Crippen molar-refractivity contribution >= 4 is 0 Å². The molecule has 2 saturated heterocycles. The number of hydrogen-bond acceptors (Lipinski definition) is 2. The summed E-state index contributed by atoms with van der Waals surface area (Å²) in [6.45, 7) is 6.29. The number of hydrogen-bond donors (Lipinski definition) is 1. The van der Waals surface area contributed by atoms with Gasteiger partial charge in [0.15, 0.2) is 0 Å². The van der Waals surface area contributed by atoms with E-state index in [4.69, 9.17) is 0 Å². The maximum absolute atomic E-state index is 3.59. The summed E-state index contributed by atoms with van der Waals surface area (Å²) in [5.41, 5.74) is 1.57. The Morgan fingerprint density at radius 2 is 1.86 bits per heavy atom. The van der Waals surface area contributed by atoms with Crippen LogP contribution in [0.25, 0.3) is 0 Å². The SMILES string of the molecule is CC1C2CNCC2CN1C1CCCCC1c1ccccc1. The molecule has 3 aliphatic rings. The number of benzene rings is 1. The Balaban J connectivity index is 1.57. The summed E-state index contributed by atoms with van der Waals surface area (Å²) in [6, 6.07) is 12.8. The van der Waals surface area contributed by atoms with Crippen LogP contribution in [-0.2, 0) is 0 Å². The minimum absolute atomic E-state index is 0.759. The molecule has 1 aromatic rings. The molecular formula is C19H28N2. The van der Waals surface area contributed by atoms with Gasteiger partial charge in [0.05, 0.1) is 0 Å². The largest absolute Gasteiger partial charge is 0.316 e. The second-order valence-corrected chi connectivity index (χ2v) is 7.39. The van der Waals surface area contributed by atoms with Crippen molar-refractivity contribution in [3.63, 3.8) is 0 Å². The van der Waals surface area contributed by atoms with Crippen molar-refractivity contribution in [1.29, 1.82) is 0 Å².